The first-order valence-corrected chi connectivity index (χ1v) is 4.59. The van der Waals surface area contributed by atoms with E-state index in [9.17, 15) is 9.59 Å². The third-order valence-electron chi connectivity index (χ3n) is 1.66. The lowest BCUT2D eigenvalue weighted by molar-refractivity contribution is -0.146. The maximum absolute atomic E-state index is 11.6. The lowest BCUT2D eigenvalue weighted by atomic mass is 10.1. The molecule has 0 aliphatic carbocycles. The van der Waals surface area contributed by atoms with Crippen LogP contribution in [-0.4, -0.2) is 40.5 Å². The molecule has 0 rings (SSSR count). The summed E-state index contributed by atoms with van der Waals surface area (Å²) >= 11 is 0. The van der Waals surface area contributed by atoms with E-state index in [0.717, 1.165) is 6.42 Å². The standard InChI is InChI=1S/C9H18N2O3/c1-4-5-11(6-7(12)13)8(14)9(2,3)10/h4-6,10H2,1-3H3,(H,12,13). The fourth-order valence-electron chi connectivity index (χ4n) is 1.09. The molecule has 0 bridgehead atoms. The molecule has 0 atom stereocenters. The van der Waals surface area contributed by atoms with Crippen LogP contribution in [0.4, 0.5) is 0 Å². The van der Waals surface area contributed by atoms with Gasteiger partial charge < -0.3 is 15.7 Å². The van der Waals surface area contributed by atoms with E-state index in [1.165, 1.54) is 4.90 Å². The zero-order valence-electron chi connectivity index (χ0n) is 8.91. The maximum Gasteiger partial charge on any atom is 0.323 e. The van der Waals surface area contributed by atoms with Gasteiger partial charge in [-0.05, 0) is 20.3 Å². The smallest absolute Gasteiger partial charge is 0.323 e. The van der Waals surface area contributed by atoms with E-state index in [2.05, 4.69) is 0 Å². The molecule has 3 N–H and O–H groups in total. The Kier molecular flexibility index (Phi) is 4.56. The summed E-state index contributed by atoms with van der Waals surface area (Å²) in [4.78, 5) is 23.4. The SMILES string of the molecule is CCCN(CC(=O)O)C(=O)C(C)(C)N. The molecule has 0 aliphatic rings. The highest BCUT2D eigenvalue weighted by Crippen LogP contribution is 2.04. The van der Waals surface area contributed by atoms with Crippen LogP contribution >= 0.6 is 0 Å². The first kappa shape index (κ1) is 12.9. The average molecular weight is 202 g/mol. The van der Waals surface area contributed by atoms with E-state index in [0.29, 0.717) is 6.54 Å². The van der Waals surface area contributed by atoms with E-state index in [1.807, 2.05) is 6.92 Å². The summed E-state index contributed by atoms with van der Waals surface area (Å²) in [6.45, 7) is 5.16. The first-order chi connectivity index (χ1) is 6.29. The van der Waals surface area contributed by atoms with Crippen molar-refractivity contribution >= 4 is 11.9 Å². The largest absolute Gasteiger partial charge is 0.480 e. The van der Waals surface area contributed by atoms with Crippen LogP contribution in [0.1, 0.15) is 27.2 Å². The predicted molar refractivity (Wildman–Crippen MR) is 52.8 cm³/mol. The highest BCUT2D eigenvalue weighted by atomic mass is 16.4. The number of aliphatic carboxylic acids is 1. The van der Waals surface area contributed by atoms with Gasteiger partial charge in [0.15, 0.2) is 0 Å². The van der Waals surface area contributed by atoms with E-state index < -0.39 is 11.5 Å². The van der Waals surface area contributed by atoms with E-state index in [1.54, 1.807) is 13.8 Å². The molecule has 0 aromatic carbocycles. The van der Waals surface area contributed by atoms with Gasteiger partial charge in [0.05, 0.1) is 5.54 Å². The van der Waals surface area contributed by atoms with Gasteiger partial charge in [0.25, 0.3) is 0 Å². The summed E-state index contributed by atoms with van der Waals surface area (Å²) in [6.07, 6.45) is 0.717. The Bertz CT molecular complexity index is 221. The molecular weight excluding hydrogens is 184 g/mol. The number of nitrogens with two attached hydrogens (primary N) is 1. The number of carboxylic acid groups (broad SMARTS) is 1. The van der Waals surface area contributed by atoms with Gasteiger partial charge in [0.1, 0.15) is 6.54 Å². The van der Waals surface area contributed by atoms with Gasteiger partial charge in [-0.15, -0.1) is 0 Å². The second kappa shape index (κ2) is 4.95. The number of rotatable bonds is 5. The minimum Gasteiger partial charge on any atom is -0.480 e. The van der Waals surface area contributed by atoms with Crippen molar-refractivity contribution in [2.75, 3.05) is 13.1 Å². The molecule has 5 heteroatoms. The second-order valence-corrected chi connectivity index (χ2v) is 3.84. The van der Waals surface area contributed by atoms with Crippen LogP contribution in [0.3, 0.4) is 0 Å². The van der Waals surface area contributed by atoms with Crippen LogP contribution in [0.2, 0.25) is 0 Å². The van der Waals surface area contributed by atoms with Gasteiger partial charge >= 0.3 is 5.97 Å². The van der Waals surface area contributed by atoms with E-state index in [-0.39, 0.29) is 12.5 Å². The molecule has 0 unspecified atom stereocenters. The topological polar surface area (TPSA) is 83.6 Å². The number of carboxylic acids is 1. The summed E-state index contributed by atoms with van der Waals surface area (Å²) in [7, 11) is 0. The van der Waals surface area contributed by atoms with Crippen LogP contribution in [0.5, 0.6) is 0 Å². The molecule has 0 radical (unpaired) electrons. The maximum atomic E-state index is 11.6. The Labute approximate surface area is 83.9 Å². The molecule has 0 spiro atoms. The van der Waals surface area contributed by atoms with Crippen molar-refractivity contribution in [3.05, 3.63) is 0 Å². The molecule has 14 heavy (non-hydrogen) atoms. The summed E-state index contributed by atoms with van der Waals surface area (Å²) in [5.74, 6) is -1.35. The number of hydrogen-bond donors (Lipinski definition) is 2. The summed E-state index contributed by atoms with van der Waals surface area (Å²) < 4.78 is 0. The lowest BCUT2D eigenvalue weighted by Gasteiger charge is -2.27. The molecule has 82 valence electrons. The molecular formula is C9H18N2O3. The molecule has 0 aliphatic heterocycles. The minimum atomic E-state index is -1.02. The zero-order valence-corrected chi connectivity index (χ0v) is 8.91. The van der Waals surface area contributed by atoms with Crippen LogP contribution in [0.15, 0.2) is 0 Å². The summed E-state index contributed by atoms with van der Waals surface area (Å²) in [6, 6.07) is 0. The summed E-state index contributed by atoms with van der Waals surface area (Å²) in [5, 5.41) is 8.59. The first-order valence-electron chi connectivity index (χ1n) is 4.59. The number of amides is 1. The van der Waals surface area contributed by atoms with Crippen molar-refractivity contribution in [3.63, 3.8) is 0 Å². The molecule has 0 aromatic heterocycles. The molecule has 0 fully saturated rings. The van der Waals surface area contributed by atoms with Gasteiger partial charge in [-0.2, -0.15) is 0 Å². The average Bonchev–Trinajstić information content (AvgIpc) is 2.00. The van der Waals surface area contributed by atoms with Crippen molar-refractivity contribution in [2.24, 2.45) is 5.73 Å². The predicted octanol–water partition coefficient (Wildman–Crippen LogP) is 0.0469. The van der Waals surface area contributed by atoms with Crippen LogP contribution in [0, 0.1) is 0 Å². The van der Waals surface area contributed by atoms with Crippen molar-refractivity contribution in [2.45, 2.75) is 32.7 Å². The highest BCUT2D eigenvalue weighted by molar-refractivity contribution is 5.87. The number of carbonyl (C=O) groups is 2. The summed E-state index contributed by atoms with van der Waals surface area (Å²) in [5.41, 5.74) is 4.59. The molecule has 5 nitrogen and oxygen atoms in total. The number of nitrogens with zero attached hydrogens (tertiary/aromatic N) is 1. The van der Waals surface area contributed by atoms with E-state index >= 15 is 0 Å². The third kappa shape index (κ3) is 4.23. The molecule has 1 amide bonds. The monoisotopic (exact) mass is 202 g/mol. The van der Waals surface area contributed by atoms with Gasteiger partial charge in [-0.3, -0.25) is 9.59 Å². The Morgan fingerprint density at radius 2 is 1.93 bits per heavy atom. The molecule has 0 saturated heterocycles. The third-order valence-corrected chi connectivity index (χ3v) is 1.66. The molecule has 0 heterocycles. The Morgan fingerprint density at radius 1 is 1.43 bits per heavy atom. The zero-order chi connectivity index (χ0) is 11.4. The number of hydrogen-bond acceptors (Lipinski definition) is 3. The quantitative estimate of drug-likeness (QED) is 0.659. The van der Waals surface area contributed by atoms with Gasteiger partial charge in [0, 0.05) is 6.54 Å². The van der Waals surface area contributed by atoms with Crippen molar-refractivity contribution in [3.8, 4) is 0 Å². The highest BCUT2D eigenvalue weighted by Gasteiger charge is 2.28. The van der Waals surface area contributed by atoms with Gasteiger partial charge in [-0.1, -0.05) is 6.92 Å². The molecule has 0 saturated carbocycles. The van der Waals surface area contributed by atoms with E-state index in [4.69, 9.17) is 10.8 Å². The van der Waals surface area contributed by atoms with Crippen molar-refractivity contribution < 1.29 is 14.7 Å². The Morgan fingerprint density at radius 3 is 2.21 bits per heavy atom. The normalized spacial score (nSPS) is 11.1. The van der Waals surface area contributed by atoms with Crippen molar-refractivity contribution in [1.29, 1.82) is 0 Å². The second-order valence-electron chi connectivity index (χ2n) is 3.84. The number of carbonyl (C=O) groups excluding carboxylic acids is 1. The van der Waals surface area contributed by atoms with Crippen LogP contribution in [0.25, 0.3) is 0 Å². The Hall–Kier alpha value is -1.10. The lowest BCUT2D eigenvalue weighted by Crippen LogP contribution is -2.52. The Balaban J connectivity index is 4.49. The fraction of sp³-hybridized carbons (Fsp3) is 0.778. The molecule has 0 aromatic rings. The minimum absolute atomic E-state index is 0.284. The fourth-order valence-corrected chi connectivity index (χ4v) is 1.09. The van der Waals surface area contributed by atoms with Gasteiger partial charge in [0.2, 0.25) is 5.91 Å². The van der Waals surface area contributed by atoms with Crippen LogP contribution < -0.4 is 5.73 Å². The van der Waals surface area contributed by atoms with Crippen molar-refractivity contribution in [1.82, 2.24) is 4.90 Å². The van der Waals surface area contributed by atoms with Crippen LogP contribution in [-0.2, 0) is 9.59 Å². The van der Waals surface area contributed by atoms with Gasteiger partial charge in [-0.25, -0.2) is 0 Å².